The Bertz CT molecular complexity index is 545. The summed E-state index contributed by atoms with van der Waals surface area (Å²) < 4.78 is 13.7. The second-order valence-corrected chi connectivity index (χ2v) is 4.57. The van der Waals surface area contributed by atoms with Crippen molar-refractivity contribution >= 4 is 15.9 Å². The third-order valence-electron chi connectivity index (χ3n) is 2.65. The van der Waals surface area contributed by atoms with E-state index in [1.807, 2.05) is 13.0 Å². The fraction of sp³-hybridized carbons (Fsp3) is 0.154. The summed E-state index contributed by atoms with van der Waals surface area (Å²) in [6.45, 7) is 1.88. The second kappa shape index (κ2) is 4.94. The van der Waals surface area contributed by atoms with Crippen LogP contribution in [0.4, 0.5) is 4.39 Å². The van der Waals surface area contributed by atoms with Gasteiger partial charge in [-0.1, -0.05) is 12.1 Å². The van der Waals surface area contributed by atoms with Gasteiger partial charge in [-0.2, -0.15) is 0 Å². The number of aliphatic hydroxyl groups is 1. The van der Waals surface area contributed by atoms with Gasteiger partial charge in [-0.25, -0.2) is 4.39 Å². The first-order valence-electron chi connectivity index (χ1n) is 5.13. The van der Waals surface area contributed by atoms with Gasteiger partial charge in [0.15, 0.2) is 0 Å². The van der Waals surface area contributed by atoms with Gasteiger partial charge in [0.2, 0.25) is 0 Å². The Morgan fingerprint density at radius 2 is 2.06 bits per heavy atom. The summed E-state index contributed by atoms with van der Waals surface area (Å²) >= 11 is 3.15. The van der Waals surface area contributed by atoms with Crippen LogP contribution in [0.25, 0.3) is 0 Å². The van der Waals surface area contributed by atoms with Crippen molar-refractivity contribution in [1.29, 1.82) is 0 Å². The van der Waals surface area contributed by atoms with E-state index in [0.29, 0.717) is 11.1 Å². The highest BCUT2D eigenvalue weighted by atomic mass is 79.9. The maximum absolute atomic E-state index is 13.4. The lowest BCUT2D eigenvalue weighted by Gasteiger charge is -2.15. The number of benzene rings is 1. The predicted octanol–water partition coefficient (Wildman–Crippen LogP) is 3.37. The Balaban J connectivity index is 2.48. The molecule has 4 heteroatoms. The van der Waals surface area contributed by atoms with Gasteiger partial charge in [-0.15, -0.1) is 0 Å². The average molecular weight is 296 g/mol. The molecule has 1 aromatic carbocycles. The maximum atomic E-state index is 13.4. The van der Waals surface area contributed by atoms with Crippen LogP contribution in [0.3, 0.4) is 0 Å². The van der Waals surface area contributed by atoms with Crippen molar-refractivity contribution < 1.29 is 9.50 Å². The van der Waals surface area contributed by atoms with Crippen LogP contribution in [-0.4, -0.2) is 10.1 Å². The van der Waals surface area contributed by atoms with Gasteiger partial charge < -0.3 is 5.11 Å². The molecule has 0 fully saturated rings. The Morgan fingerprint density at radius 1 is 1.29 bits per heavy atom. The molecule has 0 aliphatic carbocycles. The Kier molecular flexibility index (Phi) is 3.54. The molecule has 0 amide bonds. The van der Waals surface area contributed by atoms with E-state index in [9.17, 15) is 9.50 Å². The van der Waals surface area contributed by atoms with Crippen LogP contribution in [0, 0.1) is 12.7 Å². The minimum atomic E-state index is -0.881. The van der Waals surface area contributed by atoms with Gasteiger partial charge in [-0.05, 0) is 40.5 Å². The number of nitrogens with zero attached hydrogens (tertiary/aromatic N) is 1. The first-order chi connectivity index (χ1) is 8.11. The van der Waals surface area contributed by atoms with Crippen molar-refractivity contribution in [2.75, 3.05) is 0 Å². The molecule has 0 saturated heterocycles. The topological polar surface area (TPSA) is 33.1 Å². The highest BCUT2D eigenvalue weighted by molar-refractivity contribution is 9.10. The molecule has 0 aliphatic heterocycles. The molecule has 0 spiro atoms. The molecule has 0 bridgehead atoms. The average Bonchev–Trinajstić information content (AvgIpc) is 2.32. The summed E-state index contributed by atoms with van der Waals surface area (Å²) in [5.41, 5.74) is 2.10. The van der Waals surface area contributed by atoms with Crippen LogP contribution >= 0.6 is 15.9 Å². The zero-order chi connectivity index (χ0) is 12.4. The molecule has 0 aliphatic rings. The molecule has 1 unspecified atom stereocenters. The number of pyridine rings is 1. The van der Waals surface area contributed by atoms with Gasteiger partial charge in [0.25, 0.3) is 0 Å². The first kappa shape index (κ1) is 12.2. The number of aryl methyl sites for hydroxylation is 1. The van der Waals surface area contributed by atoms with Crippen LogP contribution in [-0.2, 0) is 0 Å². The molecule has 0 radical (unpaired) electrons. The molecular weight excluding hydrogens is 285 g/mol. The zero-order valence-corrected chi connectivity index (χ0v) is 10.8. The van der Waals surface area contributed by atoms with E-state index in [2.05, 4.69) is 20.9 Å². The van der Waals surface area contributed by atoms with E-state index < -0.39 is 6.10 Å². The molecule has 17 heavy (non-hydrogen) atoms. The number of hydrogen-bond acceptors (Lipinski definition) is 2. The molecule has 0 saturated carbocycles. The van der Waals surface area contributed by atoms with Crippen LogP contribution in [0.5, 0.6) is 0 Å². The summed E-state index contributed by atoms with van der Waals surface area (Å²) in [6, 6.07) is 6.41. The van der Waals surface area contributed by atoms with Gasteiger partial charge >= 0.3 is 0 Å². The van der Waals surface area contributed by atoms with E-state index in [0.717, 1.165) is 5.56 Å². The number of aromatic nitrogens is 1. The van der Waals surface area contributed by atoms with Crippen molar-refractivity contribution in [1.82, 2.24) is 4.98 Å². The first-order valence-corrected chi connectivity index (χ1v) is 5.93. The van der Waals surface area contributed by atoms with E-state index in [-0.39, 0.29) is 10.3 Å². The van der Waals surface area contributed by atoms with Gasteiger partial charge in [0, 0.05) is 23.5 Å². The third-order valence-corrected chi connectivity index (χ3v) is 3.49. The number of hydrogen-bond donors (Lipinski definition) is 1. The summed E-state index contributed by atoms with van der Waals surface area (Å²) in [7, 11) is 0. The van der Waals surface area contributed by atoms with Crippen molar-refractivity contribution in [2.24, 2.45) is 0 Å². The van der Waals surface area contributed by atoms with E-state index in [4.69, 9.17) is 0 Å². The van der Waals surface area contributed by atoms with E-state index in [1.54, 1.807) is 24.5 Å². The Hall–Kier alpha value is -1.26. The lowest BCUT2D eigenvalue weighted by molar-refractivity contribution is 0.217. The highest BCUT2D eigenvalue weighted by Crippen LogP contribution is 2.31. The summed E-state index contributed by atoms with van der Waals surface area (Å²) in [5, 5.41) is 10.2. The van der Waals surface area contributed by atoms with Gasteiger partial charge in [0.1, 0.15) is 11.9 Å². The maximum Gasteiger partial charge on any atom is 0.137 e. The summed E-state index contributed by atoms with van der Waals surface area (Å²) in [5.74, 6) is -0.386. The number of aliphatic hydroxyl groups excluding tert-OH is 1. The van der Waals surface area contributed by atoms with E-state index in [1.165, 1.54) is 6.07 Å². The third kappa shape index (κ3) is 2.37. The van der Waals surface area contributed by atoms with Crippen LogP contribution < -0.4 is 0 Å². The van der Waals surface area contributed by atoms with Crippen LogP contribution in [0.2, 0.25) is 0 Å². The molecule has 1 heterocycles. The standard InChI is InChI=1S/C13H11BrFNO/c1-8-5-6-16-7-10(8)13(17)9-3-2-4-11(15)12(9)14/h2-7,13,17H,1H3. The van der Waals surface area contributed by atoms with Crippen molar-refractivity contribution in [3.8, 4) is 0 Å². The molecule has 1 atom stereocenters. The van der Waals surface area contributed by atoms with Gasteiger partial charge in [-0.3, -0.25) is 4.98 Å². The molecule has 2 rings (SSSR count). The normalized spacial score (nSPS) is 12.5. The minimum absolute atomic E-state index is 0.288. The molecular formula is C13H11BrFNO. The fourth-order valence-corrected chi connectivity index (χ4v) is 2.14. The molecule has 2 aromatic rings. The Labute approximate surface area is 107 Å². The summed E-state index contributed by atoms with van der Waals surface area (Å²) in [4.78, 5) is 3.98. The largest absolute Gasteiger partial charge is 0.384 e. The monoisotopic (exact) mass is 295 g/mol. The second-order valence-electron chi connectivity index (χ2n) is 3.78. The van der Waals surface area contributed by atoms with Crippen molar-refractivity contribution in [3.05, 3.63) is 63.6 Å². The quantitative estimate of drug-likeness (QED) is 0.921. The van der Waals surface area contributed by atoms with E-state index >= 15 is 0 Å². The minimum Gasteiger partial charge on any atom is -0.384 e. The zero-order valence-electron chi connectivity index (χ0n) is 9.19. The SMILES string of the molecule is Cc1ccncc1C(O)c1cccc(F)c1Br. The number of rotatable bonds is 2. The van der Waals surface area contributed by atoms with Crippen molar-refractivity contribution in [3.63, 3.8) is 0 Å². The fourth-order valence-electron chi connectivity index (χ4n) is 1.66. The highest BCUT2D eigenvalue weighted by Gasteiger charge is 2.17. The van der Waals surface area contributed by atoms with Crippen molar-refractivity contribution in [2.45, 2.75) is 13.0 Å². The Morgan fingerprint density at radius 3 is 2.76 bits per heavy atom. The molecule has 1 N–H and O–H groups in total. The van der Waals surface area contributed by atoms with Crippen LogP contribution in [0.1, 0.15) is 22.8 Å². The predicted molar refractivity (Wildman–Crippen MR) is 67.1 cm³/mol. The lowest BCUT2D eigenvalue weighted by atomic mass is 9.99. The van der Waals surface area contributed by atoms with Crippen LogP contribution in [0.15, 0.2) is 41.1 Å². The molecule has 2 nitrogen and oxygen atoms in total. The summed E-state index contributed by atoms with van der Waals surface area (Å²) in [6.07, 6.45) is 2.37. The number of halogens is 2. The smallest absolute Gasteiger partial charge is 0.137 e. The molecule has 88 valence electrons. The lowest BCUT2D eigenvalue weighted by Crippen LogP contribution is -2.04. The van der Waals surface area contributed by atoms with Gasteiger partial charge in [0.05, 0.1) is 4.47 Å². The molecule has 1 aromatic heterocycles.